The third-order valence-corrected chi connectivity index (χ3v) is 4.42. The maximum absolute atomic E-state index is 5.67. The summed E-state index contributed by atoms with van der Waals surface area (Å²) in [5, 5.41) is 6.06. The number of anilines is 1. The molecular formula is C18H19N5O2. The van der Waals surface area contributed by atoms with E-state index < -0.39 is 0 Å². The van der Waals surface area contributed by atoms with E-state index in [-0.39, 0.29) is 0 Å². The Morgan fingerprint density at radius 2 is 1.96 bits per heavy atom. The number of nitrogens with one attached hydrogen (secondary N) is 1. The van der Waals surface area contributed by atoms with Gasteiger partial charge < -0.3 is 19.1 Å². The first-order valence-electron chi connectivity index (χ1n) is 7.96. The number of aryl methyl sites for hydroxylation is 2. The number of H-pyrrole nitrogens is 1. The number of benzene rings is 1. The summed E-state index contributed by atoms with van der Waals surface area (Å²) in [5.74, 6) is 2.39. The topological polar surface area (TPSA) is 80.1 Å². The smallest absolute Gasteiger partial charge is 0.143 e. The van der Waals surface area contributed by atoms with E-state index in [1.54, 1.807) is 13.4 Å². The molecule has 0 fully saturated rings. The lowest BCUT2D eigenvalue weighted by molar-refractivity contribution is 0.393. The molecule has 4 rings (SSSR count). The van der Waals surface area contributed by atoms with Crippen LogP contribution in [-0.4, -0.2) is 41.3 Å². The van der Waals surface area contributed by atoms with Crippen LogP contribution in [0.15, 0.2) is 23.0 Å². The predicted octanol–water partition coefficient (Wildman–Crippen LogP) is 3.46. The molecule has 7 heteroatoms. The van der Waals surface area contributed by atoms with Crippen molar-refractivity contribution in [2.24, 2.45) is 0 Å². The molecule has 0 bridgehead atoms. The maximum Gasteiger partial charge on any atom is 0.143 e. The van der Waals surface area contributed by atoms with Gasteiger partial charge in [0.2, 0.25) is 0 Å². The van der Waals surface area contributed by atoms with Crippen molar-refractivity contribution in [3.63, 3.8) is 0 Å². The summed E-state index contributed by atoms with van der Waals surface area (Å²) in [7, 11) is 5.60. The quantitative estimate of drug-likeness (QED) is 0.617. The number of fused-ring (bicyclic) bond motifs is 3. The first kappa shape index (κ1) is 15.4. The lowest BCUT2D eigenvalue weighted by Crippen LogP contribution is -2.11. The molecular weight excluding hydrogens is 318 g/mol. The van der Waals surface area contributed by atoms with Crippen molar-refractivity contribution in [1.29, 1.82) is 0 Å². The van der Waals surface area contributed by atoms with Gasteiger partial charge in [-0.25, -0.2) is 9.97 Å². The standard InChI is InChI=1S/C18H19N5O2/c1-9-15(10(2)25-22-9)12-6-13-11(7-14(12)24-5)16-17(21-13)19-8-20-18(16)23(3)4/h6-8H,1-5H3,(H,19,20,21). The summed E-state index contributed by atoms with van der Waals surface area (Å²) in [6.45, 7) is 3.83. The Morgan fingerprint density at radius 3 is 2.60 bits per heavy atom. The zero-order valence-electron chi connectivity index (χ0n) is 14.8. The summed E-state index contributed by atoms with van der Waals surface area (Å²) < 4.78 is 11.0. The number of nitrogens with zero attached hydrogens (tertiary/aromatic N) is 4. The Morgan fingerprint density at radius 1 is 1.16 bits per heavy atom. The van der Waals surface area contributed by atoms with E-state index in [9.17, 15) is 0 Å². The fraction of sp³-hybridized carbons (Fsp3) is 0.278. The summed E-state index contributed by atoms with van der Waals surface area (Å²) in [6, 6.07) is 4.08. The summed E-state index contributed by atoms with van der Waals surface area (Å²) >= 11 is 0. The van der Waals surface area contributed by atoms with E-state index in [2.05, 4.69) is 26.2 Å². The minimum atomic E-state index is 0.761. The van der Waals surface area contributed by atoms with Crippen molar-refractivity contribution in [1.82, 2.24) is 20.1 Å². The molecule has 0 atom stereocenters. The van der Waals surface area contributed by atoms with Gasteiger partial charge in [0.1, 0.15) is 29.3 Å². The zero-order chi connectivity index (χ0) is 17.7. The molecule has 0 aliphatic rings. The molecule has 0 saturated heterocycles. The third kappa shape index (κ3) is 2.23. The van der Waals surface area contributed by atoms with Crippen LogP contribution in [0.2, 0.25) is 0 Å². The highest BCUT2D eigenvalue weighted by Gasteiger charge is 2.20. The Balaban J connectivity index is 2.09. The molecule has 4 aromatic rings. The lowest BCUT2D eigenvalue weighted by atomic mass is 10.0. The molecule has 0 saturated carbocycles. The van der Waals surface area contributed by atoms with Gasteiger partial charge in [-0.1, -0.05) is 5.16 Å². The number of rotatable bonds is 3. The molecule has 128 valence electrons. The van der Waals surface area contributed by atoms with Crippen LogP contribution >= 0.6 is 0 Å². The van der Waals surface area contributed by atoms with Crippen LogP contribution in [0.25, 0.3) is 33.1 Å². The van der Waals surface area contributed by atoms with Gasteiger partial charge in [-0.15, -0.1) is 0 Å². The largest absolute Gasteiger partial charge is 0.496 e. The molecule has 25 heavy (non-hydrogen) atoms. The number of methoxy groups -OCH3 is 1. The lowest BCUT2D eigenvalue weighted by Gasteiger charge is -2.12. The number of hydrogen-bond acceptors (Lipinski definition) is 6. The Kier molecular flexibility index (Phi) is 3.38. The fourth-order valence-corrected chi connectivity index (χ4v) is 3.31. The molecule has 0 radical (unpaired) electrons. The molecule has 0 amide bonds. The molecule has 0 aliphatic carbocycles. The van der Waals surface area contributed by atoms with E-state index in [0.717, 1.165) is 56.1 Å². The van der Waals surface area contributed by atoms with Gasteiger partial charge in [0.05, 0.1) is 23.8 Å². The molecule has 0 spiro atoms. The summed E-state index contributed by atoms with van der Waals surface area (Å²) in [5.41, 5.74) is 4.49. The average molecular weight is 337 g/mol. The minimum absolute atomic E-state index is 0.761. The zero-order valence-corrected chi connectivity index (χ0v) is 14.8. The summed E-state index contributed by atoms with van der Waals surface area (Å²) in [4.78, 5) is 14.2. The van der Waals surface area contributed by atoms with E-state index in [1.165, 1.54) is 0 Å². The van der Waals surface area contributed by atoms with Crippen molar-refractivity contribution in [3.8, 4) is 16.9 Å². The van der Waals surface area contributed by atoms with Crippen molar-refractivity contribution < 1.29 is 9.26 Å². The second-order valence-electron chi connectivity index (χ2n) is 6.24. The van der Waals surface area contributed by atoms with Gasteiger partial charge in [0.15, 0.2) is 0 Å². The highest BCUT2D eigenvalue weighted by atomic mass is 16.5. The van der Waals surface area contributed by atoms with Gasteiger partial charge in [0.25, 0.3) is 0 Å². The molecule has 7 nitrogen and oxygen atoms in total. The van der Waals surface area contributed by atoms with Gasteiger partial charge in [-0.2, -0.15) is 0 Å². The highest BCUT2D eigenvalue weighted by Crippen LogP contribution is 2.40. The van der Waals surface area contributed by atoms with Crippen molar-refractivity contribution in [3.05, 3.63) is 29.9 Å². The van der Waals surface area contributed by atoms with Crippen molar-refractivity contribution in [2.45, 2.75) is 13.8 Å². The van der Waals surface area contributed by atoms with E-state index in [1.807, 2.05) is 38.9 Å². The average Bonchev–Trinajstić information content (AvgIpc) is 3.12. The SMILES string of the molecule is COc1cc2c(cc1-c1c(C)noc1C)[nH]c1ncnc(N(C)C)c12. The van der Waals surface area contributed by atoms with Gasteiger partial charge in [0, 0.05) is 30.6 Å². The van der Waals surface area contributed by atoms with Crippen molar-refractivity contribution in [2.75, 3.05) is 26.1 Å². The Labute approximate surface area is 144 Å². The van der Waals surface area contributed by atoms with Crippen molar-refractivity contribution >= 4 is 27.8 Å². The molecule has 3 heterocycles. The van der Waals surface area contributed by atoms with Crippen LogP contribution in [0.1, 0.15) is 11.5 Å². The Bertz CT molecular complexity index is 1070. The fourth-order valence-electron chi connectivity index (χ4n) is 3.31. The monoisotopic (exact) mass is 337 g/mol. The molecule has 0 aliphatic heterocycles. The number of aromatic nitrogens is 4. The second-order valence-corrected chi connectivity index (χ2v) is 6.24. The number of aromatic amines is 1. The predicted molar refractivity (Wildman–Crippen MR) is 97.2 cm³/mol. The first-order valence-corrected chi connectivity index (χ1v) is 7.96. The molecule has 1 aromatic carbocycles. The maximum atomic E-state index is 5.67. The van der Waals surface area contributed by atoms with Gasteiger partial charge >= 0.3 is 0 Å². The van der Waals surface area contributed by atoms with Crippen LogP contribution in [0.3, 0.4) is 0 Å². The van der Waals surface area contributed by atoms with Crippen LogP contribution in [0.5, 0.6) is 5.75 Å². The van der Waals surface area contributed by atoms with E-state index >= 15 is 0 Å². The normalized spacial score (nSPS) is 11.4. The van der Waals surface area contributed by atoms with Gasteiger partial charge in [-0.05, 0) is 26.0 Å². The minimum Gasteiger partial charge on any atom is -0.496 e. The second kappa shape index (κ2) is 5.47. The first-order chi connectivity index (χ1) is 12.0. The number of ether oxygens (including phenoxy) is 1. The number of hydrogen-bond donors (Lipinski definition) is 1. The van der Waals surface area contributed by atoms with Crippen LogP contribution < -0.4 is 9.64 Å². The summed E-state index contributed by atoms with van der Waals surface area (Å²) in [6.07, 6.45) is 1.57. The van der Waals surface area contributed by atoms with Crippen LogP contribution in [0.4, 0.5) is 5.82 Å². The van der Waals surface area contributed by atoms with E-state index in [0.29, 0.717) is 0 Å². The van der Waals surface area contributed by atoms with E-state index in [4.69, 9.17) is 9.26 Å². The molecule has 0 unspecified atom stereocenters. The van der Waals surface area contributed by atoms with Gasteiger partial charge in [-0.3, -0.25) is 0 Å². The van der Waals surface area contributed by atoms with Crippen LogP contribution in [0, 0.1) is 13.8 Å². The third-order valence-electron chi connectivity index (χ3n) is 4.42. The highest BCUT2D eigenvalue weighted by molar-refractivity contribution is 6.12. The molecule has 1 N–H and O–H groups in total. The van der Waals surface area contributed by atoms with Crippen LogP contribution in [-0.2, 0) is 0 Å². The molecule has 3 aromatic heterocycles. The Hall–Kier alpha value is -3.09.